The number of nitrogens with zero attached hydrogens (tertiary/aromatic N) is 3. The number of hydrogen-bond donors (Lipinski definition) is 2. The molecule has 1 fully saturated rings. The van der Waals surface area contributed by atoms with Crippen LogP contribution in [0.25, 0.3) is 0 Å². The molecule has 0 radical (unpaired) electrons. The predicted octanol–water partition coefficient (Wildman–Crippen LogP) is 2.21. The predicted molar refractivity (Wildman–Crippen MR) is 94.3 cm³/mol. The molecule has 0 spiro atoms. The highest BCUT2D eigenvalue weighted by Gasteiger charge is 2.20. The topological polar surface area (TPSA) is 95.2 Å². The van der Waals surface area contributed by atoms with E-state index in [9.17, 15) is 0 Å². The van der Waals surface area contributed by atoms with Crippen molar-refractivity contribution in [3.8, 4) is 0 Å². The van der Waals surface area contributed by atoms with Crippen molar-refractivity contribution >= 4 is 22.3 Å². The maximum Gasteiger partial charge on any atom is 0.180 e. The zero-order valence-electron chi connectivity index (χ0n) is 13.8. The molecule has 130 valence electrons. The van der Waals surface area contributed by atoms with Crippen LogP contribution in [0.2, 0.25) is 0 Å². The third-order valence-electron chi connectivity index (χ3n) is 3.90. The highest BCUT2D eigenvalue weighted by Crippen LogP contribution is 2.25. The molecule has 0 bridgehead atoms. The first-order valence-corrected chi connectivity index (χ1v) is 9.01. The molecule has 2 aromatic rings. The highest BCUT2D eigenvalue weighted by atomic mass is 32.1. The molecule has 1 saturated heterocycles. The van der Waals surface area contributed by atoms with Crippen LogP contribution in [0.3, 0.4) is 0 Å². The summed E-state index contributed by atoms with van der Waals surface area (Å²) in [5.41, 5.74) is 7.73. The minimum Gasteiger partial charge on any atom is -0.381 e. The lowest BCUT2D eigenvalue weighted by Gasteiger charge is -2.12. The average Bonchev–Trinajstić information content (AvgIpc) is 3.23. The summed E-state index contributed by atoms with van der Waals surface area (Å²) in [5.74, 6) is 1.90. The van der Waals surface area contributed by atoms with Gasteiger partial charge in [0.05, 0.1) is 18.0 Å². The number of anilines is 2. The lowest BCUT2D eigenvalue weighted by Crippen LogP contribution is -2.11. The number of ether oxygens (including phenoxy) is 2. The van der Waals surface area contributed by atoms with Crippen LogP contribution < -0.4 is 11.1 Å². The van der Waals surface area contributed by atoms with Crippen molar-refractivity contribution in [1.82, 2.24) is 15.0 Å². The summed E-state index contributed by atoms with van der Waals surface area (Å²) in [6.07, 6.45) is 2.88. The molecule has 0 amide bonds. The van der Waals surface area contributed by atoms with Crippen LogP contribution in [0.1, 0.15) is 36.0 Å². The average molecular weight is 349 g/mol. The molecule has 3 heterocycles. The second-order valence-electron chi connectivity index (χ2n) is 5.80. The Hall–Kier alpha value is -1.77. The number of rotatable bonds is 8. The molecule has 1 atom stereocenters. The summed E-state index contributed by atoms with van der Waals surface area (Å²) in [6, 6.07) is 2.03. The van der Waals surface area contributed by atoms with E-state index >= 15 is 0 Å². The minimum absolute atomic E-state index is 0.349. The summed E-state index contributed by atoms with van der Waals surface area (Å²) < 4.78 is 10.7. The quantitative estimate of drug-likeness (QED) is 0.705. The van der Waals surface area contributed by atoms with Gasteiger partial charge < -0.3 is 20.5 Å². The number of nitrogen functional groups attached to an aromatic ring is 1. The van der Waals surface area contributed by atoms with Crippen LogP contribution in [-0.2, 0) is 22.5 Å². The van der Waals surface area contributed by atoms with Crippen molar-refractivity contribution in [2.24, 2.45) is 0 Å². The second kappa shape index (κ2) is 8.36. The third-order valence-corrected chi connectivity index (χ3v) is 4.62. The van der Waals surface area contributed by atoms with E-state index in [2.05, 4.69) is 20.3 Å². The van der Waals surface area contributed by atoms with Crippen LogP contribution in [-0.4, -0.2) is 41.8 Å². The Morgan fingerprint density at radius 3 is 3.04 bits per heavy atom. The van der Waals surface area contributed by atoms with Crippen LogP contribution in [0.15, 0.2) is 11.4 Å². The largest absolute Gasteiger partial charge is 0.381 e. The van der Waals surface area contributed by atoms with E-state index in [0.717, 1.165) is 56.2 Å². The van der Waals surface area contributed by atoms with Gasteiger partial charge in [0.15, 0.2) is 11.0 Å². The summed E-state index contributed by atoms with van der Waals surface area (Å²) in [7, 11) is 1.65. The van der Waals surface area contributed by atoms with E-state index in [1.807, 2.05) is 11.4 Å². The van der Waals surface area contributed by atoms with Gasteiger partial charge in [0.25, 0.3) is 0 Å². The minimum atomic E-state index is 0.349. The lowest BCUT2D eigenvalue weighted by atomic mass is 10.0. The molecule has 24 heavy (non-hydrogen) atoms. The van der Waals surface area contributed by atoms with Gasteiger partial charge in [-0.15, -0.1) is 11.3 Å². The first kappa shape index (κ1) is 17.1. The molecular weight excluding hydrogens is 326 g/mol. The Morgan fingerprint density at radius 2 is 2.33 bits per heavy atom. The molecule has 1 aliphatic rings. The number of aryl methyl sites for hydroxylation is 1. The maximum atomic E-state index is 5.65. The van der Waals surface area contributed by atoms with Crippen LogP contribution in [0.4, 0.5) is 10.9 Å². The zero-order chi connectivity index (χ0) is 16.8. The Bertz CT molecular complexity index is 658. The zero-order valence-corrected chi connectivity index (χ0v) is 14.6. The second-order valence-corrected chi connectivity index (χ2v) is 6.68. The van der Waals surface area contributed by atoms with E-state index in [1.54, 1.807) is 7.11 Å². The standard InChI is InChI=1S/C16H23N5O2S/c1-22-9-15-20-13(11-4-6-23-8-11)7-14(21-15)18-5-2-3-12-10-24-16(17)19-12/h7,10-11H,2-6,8-9H2,1H3,(H2,17,19)(H,18,20,21)/t11-/m0/s1. The number of thiazole rings is 1. The van der Waals surface area contributed by atoms with E-state index in [-0.39, 0.29) is 0 Å². The van der Waals surface area contributed by atoms with Gasteiger partial charge >= 0.3 is 0 Å². The first-order valence-electron chi connectivity index (χ1n) is 8.13. The molecule has 8 heteroatoms. The molecular formula is C16H23N5O2S. The van der Waals surface area contributed by atoms with E-state index in [1.165, 1.54) is 11.3 Å². The van der Waals surface area contributed by atoms with Crippen LogP contribution in [0, 0.1) is 0 Å². The molecule has 0 unspecified atom stereocenters. The number of hydrogen-bond acceptors (Lipinski definition) is 8. The Balaban J connectivity index is 1.58. The smallest absolute Gasteiger partial charge is 0.180 e. The van der Waals surface area contributed by atoms with E-state index in [0.29, 0.717) is 23.5 Å². The van der Waals surface area contributed by atoms with Crippen molar-refractivity contribution in [2.75, 3.05) is 37.9 Å². The molecule has 0 aliphatic carbocycles. The number of nitrogens with one attached hydrogen (secondary N) is 1. The van der Waals surface area contributed by atoms with Gasteiger partial charge in [-0.2, -0.15) is 0 Å². The lowest BCUT2D eigenvalue weighted by molar-refractivity contribution is 0.177. The van der Waals surface area contributed by atoms with Gasteiger partial charge in [-0.1, -0.05) is 0 Å². The van der Waals surface area contributed by atoms with Crippen molar-refractivity contribution < 1.29 is 9.47 Å². The fraction of sp³-hybridized carbons (Fsp3) is 0.562. The summed E-state index contributed by atoms with van der Waals surface area (Å²) in [4.78, 5) is 13.4. The van der Waals surface area contributed by atoms with Gasteiger partial charge in [-0.25, -0.2) is 15.0 Å². The van der Waals surface area contributed by atoms with Gasteiger partial charge in [0.2, 0.25) is 0 Å². The Labute approximate surface area is 145 Å². The molecule has 1 aliphatic heterocycles. The fourth-order valence-electron chi connectivity index (χ4n) is 2.70. The number of methoxy groups -OCH3 is 1. The van der Waals surface area contributed by atoms with E-state index < -0.39 is 0 Å². The number of aromatic nitrogens is 3. The van der Waals surface area contributed by atoms with Gasteiger partial charge in [-0.3, -0.25) is 0 Å². The van der Waals surface area contributed by atoms with Crippen LogP contribution in [0.5, 0.6) is 0 Å². The Kier molecular flexibility index (Phi) is 5.95. The van der Waals surface area contributed by atoms with Crippen LogP contribution >= 0.6 is 11.3 Å². The maximum absolute atomic E-state index is 5.65. The van der Waals surface area contributed by atoms with Gasteiger partial charge in [-0.05, 0) is 19.3 Å². The normalized spacial score (nSPS) is 17.3. The SMILES string of the molecule is COCc1nc(NCCCc2csc(N)n2)cc([C@H]2CCOC2)n1. The molecule has 3 rings (SSSR count). The molecule has 2 aromatic heterocycles. The fourth-order valence-corrected chi connectivity index (χ4v) is 3.30. The van der Waals surface area contributed by atoms with E-state index in [4.69, 9.17) is 15.2 Å². The monoisotopic (exact) mass is 349 g/mol. The number of nitrogens with two attached hydrogens (primary N) is 1. The Morgan fingerprint density at radius 1 is 1.42 bits per heavy atom. The third kappa shape index (κ3) is 4.62. The first-order chi connectivity index (χ1) is 11.7. The van der Waals surface area contributed by atoms with Gasteiger partial charge in [0.1, 0.15) is 12.4 Å². The molecule has 0 aromatic carbocycles. The molecule has 0 saturated carbocycles. The van der Waals surface area contributed by atoms with Crippen molar-refractivity contribution in [1.29, 1.82) is 0 Å². The summed E-state index contributed by atoms with van der Waals surface area (Å²) in [5, 5.41) is 6.02. The van der Waals surface area contributed by atoms with Gasteiger partial charge in [0, 0.05) is 37.6 Å². The van der Waals surface area contributed by atoms with Crippen molar-refractivity contribution in [3.63, 3.8) is 0 Å². The molecule has 7 nitrogen and oxygen atoms in total. The van der Waals surface area contributed by atoms with Crippen molar-refractivity contribution in [2.45, 2.75) is 31.8 Å². The summed E-state index contributed by atoms with van der Waals surface area (Å²) >= 11 is 1.48. The van der Waals surface area contributed by atoms with Crippen molar-refractivity contribution in [3.05, 3.63) is 28.7 Å². The molecule has 3 N–H and O–H groups in total. The summed E-state index contributed by atoms with van der Waals surface area (Å²) in [6.45, 7) is 2.76. The highest BCUT2D eigenvalue weighted by molar-refractivity contribution is 7.13.